The smallest absolute Gasteiger partial charge is 0.253 e. The molecule has 1 N–H and O–H groups in total. The molecule has 5 heteroatoms. The summed E-state index contributed by atoms with van der Waals surface area (Å²) in [6.45, 7) is 0. The van der Waals surface area contributed by atoms with Crippen LogP contribution in [-0.4, -0.2) is 34.5 Å². The predicted molar refractivity (Wildman–Crippen MR) is 114 cm³/mol. The Hall–Kier alpha value is -3.60. The number of carbonyl (C=O) groups excluding carboxylic acids is 1. The third-order valence-electron chi connectivity index (χ3n) is 4.81. The number of fused-ring (bicyclic) bond motifs is 1. The molecule has 0 atom stereocenters. The lowest BCUT2D eigenvalue weighted by Crippen LogP contribution is -2.21. The van der Waals surface area contributed by atoms with E-state index in [4.69, 9.17) is 0 Å². The van der Waals surface area contributed by atoms with Crippen LogP contribution in [0.3, 0.4) is 0 Å². The highest BCUT2D eigenvalue weighted by atomic mass is 16.2. The van der Waals surface area contributed by atoms with Crippen LogP contribution in [0, 0.1) is 0 Å². The molecular formula is C23H22N4O. The van der Waals surface area contributed by atoms with E-state index in [9.17, 15) is 4.79 Å². The Morgan fingerprint density at radius 2 is 1.71 bits per heavy atom. The van der Waals surface area contributed by atoms with Gasteiger partial charge in [0, 0.05) is 55.7 Å². The van der Waals surface area contributed by atoms with E-state index in [1.165, 1.54) is 0 Å². The fourth-order valence-corrected chi connectivity index (χ4v) is 3.29. The predicted octanol–water partition coefficient (Wildman–Crippen LogP) is 4.69. The van der Waals surface area contributed by atoms with Crippen LogP contribution in [-0.2, 0) is 7.05 Å². The summed E-state index contributed by atoms with van der Waals surface area (Å²) in [5.41, 5.74) is 4.93. The third kappa shape index (κ3) is 3.34. The Morgan fingerprint density at radius 3 is 2.39 bits per heavy atom. The summed E-state index contributed by atoms with van der Waals surface area (Å²) in [7, 11) is 5.56. The second-order valence-electron chi connectivity index (χ2n) is 6.98. The van der Waals surface area contributed by atoms with Gasteiger partial charge in [-0.15, -0.1) is 0 Å². The molecule has 0 aliphatic carbocycles. The van der Waals surface area contributed by atoms with Crippen LogP contribution in [0.1, 0.15) is 10.4 Å². The van der Waals surface area contributed by atoms with Crippen molar-refractivity contribution in [1.29, 1.82) is 0 Å². The van der Waals surface area contributed by atoms with Gasteiger partial charge in [0.15, 0.2) is 0 Å². The van der Waals surface area contributed by atoms with E-state index in [0.29, 0.717) is 5.56 Å². The lowest BCUT2D eigenvalue weighted by molar-refractivity contribution is 0.0827. The molecule has 0 saturated heterocycles. The van der Waals surface area contributed by atoms with Gasteiger partial charge in [0.1, 0.15) is 5.82 Å². The summed E-state index contributed by atoms with van der Waals surface area (Å²) in [6, 6.07) is 21.9. The highest BCUT2D eigenvalue weighted by Gasteiger charge is 2.12. The molecule has 0 saturated carbocycles. The Bertz CT molecular complexity index is 1130. The minimum Gasteiger partial charge on any atom is -0.345 e. The lowest BCUT2D eigenvalue weighted by Gasteiger charge is -2.11. The summed E-state index contributed by atoms with van der Waals surface area (Å²) >= 11 is 0. The van der Waals surface area contributed by atoms with E-state index in [-0.39, 0.29) is 5.91 Å². The van der Waals surface area contributed by atoms with Gasteiger partial charge in [-0.05, 0) is 35.9 Å². The van der Waals surface area contributed by atoms with E-state index in [1.807, 2.05) is 67.8 Å². The van der Waals surface area contributed by atoms with Crippen molar-refractivity contribution in [2.24, 2.45) is 7.05 Å². The maximum Gasteiger partial charge on any atom is 0.253 e. The molecular weight excluding hydrogens is 348 g/mol. The summed E-state index contributed by atoms with van der Waals surface area (Å²) in [4.78, 5) is 18.2. The maximum atomic E-state index is 12.1. The number of nitrogens with zero attached hydrogens (tertiary/aromatic N) is 3. The summed E-state index contributed by atoms with van der Waals surface area (Å²) in [6.07, 6.45) is 1.88. The van der Waals surface area contributed by atoms with Crippen LogP contribution in [0.25, 0.3) is 22.2 Å². The molecule has 2 aromatic heterocycles. The van der Waals surface area contributed by atoms with Gasteiger partial charge in [-0.2, -0.15) is 0 Å². The first-order valence-electron chi connectivity index (χ1n) is 9.12. The number of aryl methyl sites for hydroxylation is 1. The fourth-order valence-electron chi connectivity index (χ4n) is 3.29. The van der Waals surface area contributed by atoms with Gasteiger partial charge < -0.3 is 14.8 Å². The Labute approximate surface area is 164 Å². The number of anilines is 2. The summed E-state index contributed by atoms with van der Waals surface area (Å²) in [5.74, 6) is 0.808. The number of hydrogen-bond donors (Lipinski definition) is 1. The fraction of sp³-hybridized carbons (Fsp3) is 0.130. The average Bonchev–Trinajstić information content (AvgIpc) is 3.04. The van der Waals surface area contributed by atoms with Gasteiger partial charge in [0.2, 0.25) is 0 Å². The molecule has 5 nitrogen and oxygen atoms in total. The third-order valence-corrected chi connectivity index (χ3v) is 4.81. The average molecular weight is 370 g/mol. The number of carbonyl (C=O) groups is 1. The molecule has 28 heavy (non-hydrogen) atoms. The van der Waals surface area contributed by atoms with Gasteiger partial charge in [-0.1, -0.05) is 30.3 Å². The molecule has 4 rings (SSSR count). The van der Waals surface area contributed by atoms with Crippen molar-refractivity contribution in [3.63, 3.8) is 0 Å². The first kappa shape index (κ1) is 17.8. The SMILES string of the molecule is CN(C)C(=O)c1ccc(-c2cc3cnc(Nc4ccccc4)cc3n2C)cc1. The van der Waals surface area contributed by atoms with Crippen molar-refractivity contribution in [2.45, 2.75) is 0 Å². The van der Waals surface area contributed by atoms with Gasteiger partial charge in [0.05, 0.1) is 5.52 Å². The first-order chi connectivity index (χ1) is 13.5. The Morgan fingerprint density at radius 1 is 1.00 bits per heavy atom. The van der Waals surface area contributed by atoms with Crippen molar-refractivity contribution in [3.8, 4) is 11.3 Å². The second-order valence-corrected chi connectivity index (χ2v) is 6.98. The summed E-state index contributed by atoms with van der Waals surface area (Å²) < 4.78 is 2.15. The number of hydrogen-bond acceptors (Lipinski definition) is 3. The van der Waals surface area contributed by atoms with Gasteiger partial charge in [0.25, 0.3) is 5.91 Å². The van der Waals surface area contributed by atoms with E-state index in [0.717, 1.165) is 33.7 Å². The minimum absolute atomic E-state index is 0.00409. The van der Waals surface area contributed by atoms with Crippen molar-refractivity contribution >= 4 is 28.3 Å². The molecule has 2 aromatic carbocycles. The van der Waals surface area contributed by atoms with E-state index >= 15 is 0 Å². The normalized spacial score (nSPS) is 10.8. The molecule has 0 aliphatic heterocycles. The van der Waals surface area contributed by atoms with Crippen LogP contribution in [0.4, 0.5) is 11.5 Å². The number of amides is 1. The molecule has 0 radical (unpaired) electrons. The topological polar surface area (TPSA) is 50.2 Å². The zero-order valence-electron chi connectivity index (χ0n) is 16.2. The monoisotopic (exact) mass is 370 g/mol. The number of benzene rings is 2. The summed E-state index contributed by atoms with van der Waals surface area (Å²) in [5, 5.41) is 4.41. The molecule has 0 bridgehead atoms. The van der Waals surface area contributed by atoms with Crippen LogP contribution in [0.15, 0.2) is 72.9 Å². The molecule has 0 spiro atoms. The van der Waals surface area contributed by atoms with Crippen LogP contribution >= 0.6 is 0 Å². The van der Waals surface area contributed by atoms with Crippen LogP contribution < -0.4 is 5.32 Å². The Balaban J connectivity index is 1.67. The zero-order valence-corrected chi connectivity index (χ0v) is 16.2. The van der Waals surface area contributed by atoms with E-state index < -0.39 is 0 Å². The molecule has 0 fully saturated rings. The van der Waals surface area contributed by atoms with E-state index in [2.05, 4.69) is 27.0 Å². The van der Waals surface area contributed by atoms with Gasteiger partial charge >= 0.3 is 0 Å². The largest absolute Gasteiger partial charge is 0.345 e. The molecule has 140 valence electrons. The van der Waals surface area contributed by atoms with Gasteiger partial charge in [-0.25, -0.2) is 4.98 Å². The number of aromatic nitrogens is 2. The number of pyridine rings is 1. The standard InChI is InChI=1S/C23H22N4O/c1-26(2)23(28)17-11-9-16(10-12-17)20-13-18-15-24-22(14-21(18)27(20)3)25-19-7-5-4-6-8-19/h4-15H,1-3H3,(H,24,25). The Kier molecular flexibility index (Phi) is 4.57. The molecule has 2 heterocycles. The molecule has 0 unspecified atom stereocenters. The van der Waals surface area contributed by atoms with Crippen molar-refractivity contribution in [2.75, 3.05) is 19.4 Å². The maximum absolute atomic E-state index is 12.1. The molecule has 0 aliphatic rings. The minimum atomic E-state index is 0.00409. The number of rotatable bonds is 4. The lowest BCUT2D eigenvalue weighted by atomic mass is 10.1. The quantitative estimate of drug-likeness (QED) is 0.567. The first-order valence-corrected chi connectivity index (χ1v) is 9.12. The van der Waals surface area contributed by atoms with E-state index in [1.54, 1.807) is 19.0 Å². The van der Waals surface area contributed by atoms with Crippen molar-refractivity contribution in [1.82, 2.24) is 14.5 Å². The zero-order chi connectivity index (χ0) is 19.7. The van der Waals surface area contributed by atoms with Crippen LogP contribution in [0.5, 0.6) is 0 Å². The van der Waals surface area contributed by atoms with Crippen molar-refractivity contribution < 1.29 is 4.79 Å². The molecule has 4 aromatic rings. The number of para-hydroxylation sites is 1. The molecule has 1 amide bonds. The highest BCUT2D eigenvalue weighted by Crippen LogP contribution is 2.29. The second kappa shape index (κ2) is 7.19. The number of nitrogens with one attached hydrogen (secondary N) is 1. The van der Waals surface area contributed by atoms with Crippen molar-refractivity contribution in [3.05, 3.63) is 78.5 Å². The van der Waals surface area contributed by atoms with Gasteiger partial charge in [-0.3, -0.25) is 4.79 Å². The van der Waals surface area contributed by atoms with Crippen LogP contribution in [0.2, 0.25) is 0 Å². The highest BCUT2D eigenvalue weighted by molar-refractivity contribution is 5.94.